The number of nitrogens with zero attached hydrogens (tertiary/aromatic N) is 4. The molecule has 2 amide bonds. The zero-order valence-electron chi connectivity index (χ0n) is 16.5. The van der Waals surface area contributed by atoms with Gasteiger partial charge in [-0.25, -0.2) is 9.07 Å². The summed E-state index contributed by atoms with van der Waals surface area (Å²) in [5.74, 6) is -0.421. The lowest BCUT2D eigenvalue weighted by molar-refractivity contribution is -0.132. The van der Waals surface area contributed by atoms with E-state index in [1.54, 1.807) is 12.0 Å². The van der Waals surface area contributed by atoms with E-state index in [1.165, 1.54) is 10.9 Å². The summed E-state index contributed by atoms with van der Waals surface area (Å²) in [7, 11) is 1.55. The molecule has 1 fully saturated rings. The van der Waals surface area contributed by atoms with Crippen LogP contribution in [0.15, 0.2) is 36.5 Å². The van der Waals surface area contributed by atoms with Gasteiger partial charge in [-0.3, -0.25) is 9.59 Å². The minimum atomic E-state index is -1.05. The average molecular weight is 403 g/mol. The molecule has 1 aliphatic heterocycles. The molecule has 1 N–H and O–H groups in total. The van der Waals surface area contributed by atoms with Crippen molar-refractivity contribution < 1.29 is 18.7 Å². The average Bonchev–Trinajstić information content (AvgIpc) is 3.34. The molecule has 1 aliphatic rings. The molecule has 3 rings (SSSR count). The molecule has 9 heteroatoms. The molecule has 1 saturated heterocycles. The minimum absolute atomic E-state index is 0.0725. The van der Waals surface area contributed by atoms with Crippen LogP contribution in [0.3, 0.4) is 0 Å². The van der Waals surface area contributed by atoms with Crippen LogP contribution in [0.5, 0.6) is 0 Å². The van der Waals surface area contributed by atoms with Gasteiger partial charge in [0.2, 0.25) is 5.91 Å². The number of aromatic nitrogens is 3. The smallest absolute Gasteiger partial charge is 0.273 e. The number of carbonyl (C=O) groups excluding carboxylic acids is 2. The normalized spacial score (nSPS) is 18.8. The summed E-state index contributed by atoms with van der Waals surface area (Å²) >= 11 is 0. The lowest BCUT2D eigenvalue weighted by Gasteiger charge is -2.24. The van der Waals surface area contributed by atoms with E-state index in [4.69, 9.17) is 4.74 Å². The van der Waals surface area contributed by atoms with Crippen molar-refractivity contribution in [1.82, 2.24) is 25.2 Å². The molecule has 1 aromatic heterocycles. The third-order valence-corrected chi connectivity index (χ3v) is 4.91. The van der Waals surface area contributed by atoms with Gasteiger partial charge in [-0.15, -0.1) is 5.10 Å². The summed E-state index contributed by atoms with van der Waals surface area (Å²) in [5, 5.41) is 10.5. The number of aryl methyl sites for hydroxylation is 1. The van der Waals surface area contributed by atoms with Gasteiger partial charge in [-0.05, 0) is 12.0 Å². The summed E-state index contributed by atoms with van der Waals surface area (Å²) in [6.45, 7) is 1.17. The maximum absolute atomic E-state index is 14.0. The number of alkyl halides is 1. The van der Waals surface area contributed by atoms with E-state index in [0.29, 0.717) is 32.5 Å². The van der Waals surface area contributed by atoms with Crippen LogP contribution in [0.25, 0.3) is 0 Å². The van der Waals surface area contributed by atoms with Gasteiger partial charge in [0.05, 0.1) is 31.9 Å². The number of rotatable bonds is 9. The number of halogens is 1. The molecule has 29 heavy (non-hydrogen) atoms. The summed E-state index contributed by atoms with van der Waals surface area (Å²) in [5.41, 5.74) is 1.26. The molecule has 0 saturated carbocycles. The number of nitrogens with one attached hydrogen (secondary N) is 1. The lowest BCUT2D eigenvalue weighted by Crippen LogP contribution is -2.38. The van der Waals surface area contributed by atoms with Crippen LogP contribution in [0.1, 0.15) is 28.9 Å². The van der Waals surface area contributed by atoms with Gasteiger partial charge in [0.15, 0.2) is 5.69 Å². The number of ether oxygens (including phenoxy) is 1. The first-order chi connectivity index (χ1) is 14.1. The van der Waals surface area contributed by atoms with Crippen LogP contribution in [-0.4, -0.2) is 70.7 Å². The first-order valence-electron chi connectivity index (χ1n) is 9.71. The van der Waals surface area contributed by atoms with Crippen molar-refractivity contribution in [2.75, 3.05) is 26.8 Å². The fraction of sp³-hybridized carbons (Fsp3) is 0.500. The predicted molar refractivity (Wildman–Crippen MR) is 104 cm³/mol. The Hall–Kier alpha value is -2.81. The van der Waals surface area contributed by atoms with Crippen LogP contribution in [0.2, 0.25) is 0 Å². The highest BCUT2D eigenvalue weighted by Gasteiger charge is 2.35. The van der Waals surface area contributed by atoms with Gasteiger partial charge in [0.1, 0.15) is 6.17 Å². The molecule has 2 heterocycles. The Kier molecular flexibility index (Phi) is 7.29. The second kappa shape index (κ2) is 10.1. The summed E-state index contributed by atoms with van der Waals surface area (Å²) in [6, 6.07) is 9.44. The monoisotopic (exact) mass is 403 g/mol. The van der Waals surface area contributed by atoms with Gasteiger partial charge in [-0.2, -0.15) is 0 Å². The van der Waals surface area contributed by atoms with Crippen molar-refractivity contribution in [3.05, 3.63) is 47.8 Å². The molecule has 2 atom stereocenters. The third-order valence-electron chi connectivity index (χ3n) is 4.91. The van der Waals surface area contributed by atoms with Crippen molar-refractivity contribution >= 4 is 11.8 Å². The van der Waals surface area contributed by atoms with Crippen LogP contribution >= 0.6 is 0 Å². The zero-order valence-corrected chi connectivity index (χ0v) is 16.5. The second-order valence-corrected chi connectivity index (χ2v) is 7.09. The van der Waals surface area contributed by atoms with Gasteiger partial charge in [0, 0.05) is 26.5 Å². The number of hydrogen-bond donors (Lipinski definition) is 1. The molecule has 0 radical (unpaired) electrons. The Bertz CT molecular complexity index is 813. The van der Waals surface area contributed by atoms with E-state index in [1.807, 2.05) is 30.3 Å². The Morgan fingerprint density at radius 3 is 2.86 bits per heavy atom. The van der Waals surface area contributed by atoms with E-state index < -0.39 is 6.17 Å². The highest BCUT2D eigenvalue weighted by Crippen LogP contribution is 2.23. The van der Waals surface area contributed by atoms with E-state index in [2.05, 4.69) is 15.6 Å². The van der Waals surface area contributed by atoms with Gasteiger partial charge < -0.3 is 15.0 Å². The van der Waals surface area contributed by atoms with Crippen LogP contribution in [-0.2, 0) is 22.5 Å². The highest BCUT2D eigenvalue weighted by molar-refractivity contribution is 5.91. The maximum Gasteiger partial charge on any atom is 0.273 e. The molecular formula is C20H26FN5O3. The van der Waals surface area contributed by atoms with Crippen molar-refractivity contribution in [3.63, 3.8) is 0 Å². The van der Waals surface area contributed by atoms with Crippen molar-refractivity contribution in [2.45, 2.75) is 38.0 Å². The standard InChI is InChI=1S/C20H26FN5O3/c1-29-10-9-22-20(28)18-14-25(24-23-18)13-17-11-16(21)12-26(17)19(27)8-7-15-5-3-2-4-6-15/h2-6,14,16-17H,7-13H2,1H3,(H,22,28)/t16-,17-/m0/s1. The molecule has 1 aromatic carbocycles. The molecule has 0 unspecified atom stereocenters. The van der Waals surface area contributed by atoms with Gasteiger partial charge in [-0.1, -0.05) is 35.5 Å². The Morgan fingerprint density at radius 2 is 2.10 bits per heavy atom. The molecular weight excluding hydrogens is 377 g/mol. The summed E-state index contributed by atoms with van der Waals surface area (Å²) in [4.78, 5) is 26.3. The molecule has 0 spiro atoms. The van der Waals surface area contributed by atoms with E-state index in [9.17, 15) is 14.0 Å². The van der Waals surface area contributed by atoms with Crippen LogP contribution in [0, 0.1) is 0 Å². The SMILES string of the molecule is COCCNC(=O)c1cn(C[C@@H]2C[C@H](F)CN2C(=O)CCc2ccccc2)nn1. The fourth-order valence-corrected chi connectivity index (χ4v) is 3.44. The second-order valence-electron chi connectivity index (χ2n) is 7.09. The number of amides is 2. The summed E-state index contributed by atoms with van der Waals surface area (Å²) in [6.07, 6.45) is 1.67. The molecule has 8 nitrogen and oxygen atoms in total. The van der Waals surface area contributed by atoms with Gasteiger partial charge >= 0.3 is 0 Å². The number of methoxy groups -OCH3 is 1. The molecule has 156 valence electrons. The van der Waals surface area contributed by atoms with Gasteiger partial charge in [0.25, 0.3) is 5.91 Å². The van der Waals surface area contributed by atoms with E-state index in [0.717, 1.165) is 5.56 Å². The minimum Gasteiger partial charge on any atom is -0.383 e. The largest absolute Gasteiger partial charge is 0.383 e. The van der Waals surface area contributed by atoms with Crippen molar-refractivity contribution in [1.29, 1.82) is 0 Å². The first-order valence-corrected chi connectivity index (χ1v) is 9.71. The zero-order chi connectivity index (χ0) is 20.6. The molecule has 0 aliphatic carbocycles. The highest BCUT2D eigenvalue weighted by atomic mass is 19.1. The van der Waals surface area contributed by atoms with Crippen LogP contribution < -0.4 is 5.32 Å². The predicted octanol–water partition coefficient (Wildman–Crippen LogP) is 1.23. The number of benzene rings is 1. The Labute approximate surface area is 169 Å². The Morgan fingerprint density at radius 1 is 1.31 bits per heavy atom. The third kappa shape index (κ3) is 5.83. The number of carbonyl (C=O) groups is 2. The maximum atomic E-state index is 14.0. The quantitative estimate of drug-likeness (QED) is 0.636. The summed E-state index contributed by atoms with van der Waals surface area (Å²) < 4.78 is 20.4. The van der Waals surface area contributed by atoms with Crippen molar-refractivity contribution in [3.8, 4) is 0 Å². The first kappa shape index (κ1) is 20.9. The fourth-order valence-electron chi connectivity index (χ4n) is 3.44. The topological polar surface area (TPSA) is 89.4 Å². The lowest BCUT2D eigenvalue weighted by atomic mass is 10.1. The van der Waals surface area contributed by atoms with E-state index >= 15 is 0 Å². The Balaban J connectivity index is 1.56. The number of likely N-dealkylation sites (tertiary alicyclic amines) is 1. The number of hydrogen-bond acceptors (Lipinski definition) is 5. The van der Waals surface area contributed by atoms with E-state index in [-0.39, 0.29) is 36.5 Å². The molecule has 0 bridgehead atoms. The van der Waals surface area contributed by atoms with Crippen LogP contribution in [0.4, 0.5) is 4.39 Å². The molecule has 2 aromatic rings. The van der Waals surface area contributed by atoms with Crippen molar-refractivity contribution in [2.24, 2.45) is 0 Å².